The Labute approximate surface area is 216 Å². The van der Waals surface area contributed by atoms with Gasteiger partial charge in [0.15, 0.2) is 0 Å². The number of anilines is 1. The van der Waals surface area contributed by atoms with Crippen molar-refractivity contribution in [2.24, 2.45) is 5.92 Å². The van der Waals surface area contributed by atoms with Crippen molar-refractivity contribution in [2.45, 2.75) is 69.9 Å². The molecule has 37 heavy (non-hydrogen) atoms. The minimum absolute atomic E-state index is 0.00897. The molecule has 2 aromatic carbocycles. The Morgan fingerprint density at radius 3 is 2.51 bits per heavy atom. The molecule has 3 aromatic rings. The maximum atomic E-state index is 12.6. The number of carboxylic acid groups (broad SMARTS) is 1. The van der Waals surface area contributed by atoms with Crippen LogP contribution in [0.3, 0.4) is 0 Å². The summed E-state index contributed by atoms with van der Waals surface area (Å²) in [6.45, 7) is 2.01. The Balaban J connectivity index is 1.64. The van der Waals surface area contributed by atoms with E-state index in [1.54, 1.807) is 4.90 Å². The van der Waals surface area contributed by atoms with Crippen molar-refractivity contribution in [1.82, 2.24) is 9.55 Å². The second-order valence-electron chi connectivity index (χ2n) is 10.2. The molecule has 8 nitrogen and oxygen atoms in total. The molecule has 2 atom stereocenters. The van der Waals surface area contributed by atoms with Crippen LogP contribution in [0.4, 0.5) is 10.5 Å². The van der Waals surface area contributed by atoms with E-state index >= 15 is 0 Å². The average molecular weight is 501 g/mol. The Morgan fingerprint density at radius 1 is 1.14 bits per heavy atom. The highest BCUT2D eigenvalue weighted by Gasteiger charge is 2.34. The van der Waals surface area contributed by atoms with Crippen LogP contribution in [-0.2, 0) is 22.4 Å². The standard InChI is InChI=1S/C29H32N4O4/c1-18-8-13-22-24(32(18)29(36)37-2)14-15-25-27(22)31-26(33(25)21-11-9-19(17-30)10-12-21)16-23(28(34)35)20-6-4-3-5-7-20/h3-7,14-15,18-19,21,23H,8-13,16H2,1-2H3,(H,34,35)/t18-,19?,21?,23+/m0/s1. The minimum atomic E-state index is -0.884. The number of imidazole rings is 1. The van der Waals surface area contributed by atoms with E-state index in [4.69, 9.17) is 9.72 Å². The van der Waals surface area contributed by atoms with Gasteiger partial charge in [-0.3, -0.25) is 9.69 Å². The quantitative estimate of drug-likeness (QED) is 0.488. The molecule has 192 valence electrons. The Bertz CT molecular complexity index is 1350. The molecule has 1 N–H and O–H groups in total. The number of methoxy groups -OCH3 is 1. The van der Waals surface area contributed by atoms with Crippen molar-refractivity contribution >= 4 is 28.8 Å². The number of carboxylic acids is 1. The Morgan fingerprint density at radius 2 is 1.86 bits per heavy atom. The highest BCUT2D eigenvalue weighted by atomic mass is 16.5. The predicted molar refractivity (Wildman–Crippen MR) is 140 cm³/mol. The van der Waals surface area contributed by atoms with Crippen molar-refractivity contribution in [2.75, 3.05) is 12.0 Å². The summed E-state index contributed by atoms with van der Waals surface area (Å²) in [6.07, 6.45) is 4.78. The van der Waals surface area contributed by atoms with Gasteiger partial charge in [0.2, 0.25) is 0 Å². The lowest BCUT2D eigenvalue weighted by atomic mass is 9.86. The first-order valence-corrected chi connectivity index (χ1v) is 13.0. The molecule has 1 saturated carbocycles. The van der Waals surface area contributed by atoms with Crippen LogP contribution in [0.1, 0.15) is 67.9 Å². The number of aromatic nitrogens is 2. The number of nitriles is 1. The number of nitrogens with zero attached hydrogens (tertiary/aromatic N) is 4. The Kier molecular flexibility index (Phi) is 6.88. The van der Waals surface area contributed by atoms with Crippen LogP contribution in [0.25, 0.3) is 11.0 Å². The van der Waals surface area contributed by atoms with Gasteiger partial charge in [0, 0.05) is 30.0 Å². The molecule has 0 spiro atoms. The molecule has 0 bridgehead atoms. The molecule has 0 radical (unpaired) electrons. The SMILES string of the molecule is COC(=O)N1c2ccc3c(nc(C[C@@H](C(=O)O)c4ccccc4)n3C3CCC(C#N)CC3)c2CC[C@@H]1C. The lowest BCUT2D eigenvalue weighted by molar-refractivity contribution is -0.138. The first-order chi connectivity index (χ1) is 17.9. The van der Waals surface area contributed by atoms with E-state index in [2.05, 4.69) is 10.6 Å². The van der Waals surface area contributed by atoms with Gasteiger partial charge in [-0.25, -0.2) is 9.78 Å². The molecule has 1 fully saturated rings. The van der Waals surface area contributed by atoms with Gasteiger partial charge in [0.05, 0.1) is 35.8 Å². The van der Waals surface area contributed by atoms with Crippen LogP contribution in [0, 0.1) is 17.2 Å². The summed E-state index contributed by atoms with van der Waals surface area (Å²) in [5.74, 6) is -0.808. The molecular weight excluding hydrogens is 468 g/mol. The van der Waals surface area contributed by atoms with Crippen molar-refractivity contribution in [3.8, 4) is 6.07 Å². The van der Waals surface area contributed by atoms with Crippen LogP contribution in [0.5, 0.6) is 0 Å². The monoisotopic (exact) mass is 500 g/mol. The highest BCUT2D eigenvalue weighted by molar-refractivity contribution is 5.95. The summed E-state index contributed by atoms with van der Waals surface area (Å²) in [5.41, 5.74) is 4.34. The van der Waals surface area contributed by atoms with Crippen LogP contribution in [0.2, 0.25) is 0 Å². The summed E-state index contributed by atoms with van der Waals surface area (Å²) in [7, 11) is 1.39. The summed E-state index contributed by atoms with van der Waals surface area (Å²) >= 11 is 0. The van der Waals surface area contributed by atoms with Crippen LogP contribution >= 0.6 is 0 Å². The molecule has 1 aliphatic heterocycles. The molecule has 2 heterocycles. The van der Waals surface area contributed by atoms with Crippen LogP contribution in [0.15, 0.2) is 42.5 Å². The van der Waals surface area contributed by atoms with Crippen molar-refractivity contribution in [3.63, 3.8) is 0 Å². The molecule has 5 rings (SSSR count). The van der Waals surface area contributed by atoms with Crippen molar-refractivity contribution < 1.29 is 19.4 Å². The van der Waals surface area contributed by atoms with Gasteiger partial charge in [-0.05, 0) is 63.1 Å². The van der Waals surface area contributed by atoms with E-state index in [1.165, 1.54) is 7.11 Å². The number of fused-ring (bicyclic) bond motifs is 3. The number of hydrogen-bond acceptors (Lipinski definition) is 5. The second kappa shape index (κ2) is 10.3. The third-order valence-electron chi connectivity index (χ3n) is 8.03. The van der Waals surface area contributed by atoms with Gasteiger partial charge >= 0.3 is 12.1 Å². The number of aryl methyl sites for hydroxylation is 1. The van der Waals surface area contributed by atoms with E-state index in [0.717, 1.165) is 72.2 Å². The predicted octanol–water partition coefficient (Wildman–Crippen LogP) is 5.61. The fourth-order valence-electron chi connectivity index (χ4n) is 6.05. The number of hydrogen-bond donors (Lipinski definition) is 1. The number of benzene rings is 2. The lowest BCUT2D eigenvalue weighted by Crippen LogP contribution is -2.42. The molecule has 8 heteroatoms. The molecule has 1 aromatic heterocycles. The normalized spacial score (nSPS) is 22.2. The molecule has 2 aliphatic rings. The van der Waals surface area contributed by atoms with Gasteiger partial charge in [-0.15, -0.1) is 0 Å². The molecule has 1 amide bonds. The van der Waals surface area contributed by atoms with Gasteiger partial charge in [-0.1, -0.05) is 30.3 Å². The Hall–Kier alpha value is -3.86. The molecule has 0 unspecified atom stereocenters. The zero-order valence-electron chi connectivity index (χ0n) is 21.3. The maximum absolute atomic E-state index is 12.6. The van der Waals surface area contributed by atoms with Crippen molar-refractivity contribution in [1.29, 1.82) is 5.26 Å². The number of rotatable bonds is 5. The van der Waals surface area contributed by atoms with Gasteiger partial charge in [0.25, 0.3) is 0 Å². The fraction of sp³-hybridized carbons (Fsp3) is 0.448. The molecule has 1 aliphatic carbocycles. The summed E-state index contributed by atoms with van der Waals surface area (Å²) in [6, 6.07) is 15.8. The number of amides is 1. The highest BCUT2D eigenvalue weighted by Crippen LogP contribution is 2.41. The third-order valence-corrected chi connectivity index (χ3v) is 8.03. The van der Waals surface area contributed by atoms with E-state index in [-0.39, 0.29) is 24.4 Å². The maximum Gasteiger partial charge on any atom is 0.414 e. The summed E-state index contributed by atoms with van der Waals surface area (Å²) in [5, 5.41) is 19.6. The number of aliphatic carboxylic acids is 1. The zero-order chi connectivity index (χ0) is 26.1. The number of carbonyl (C=O) groups excluding carboxylic acids is 1. The second-order valence-corrected chi connectivity index (χ2v) is 10.2. The summed E-state index contributed by atoms with van der Waals surface area (Å²) in [4.78, 5) is 31.8. The van der Waals surface area contributed by atoms with Crippen molar-refractivity contribution in [3.05, 3.63) is 59.4 Å². The van der Waals surface area contributed by atoms with E-state index in [1.807, 2.05) is 49.4 Å². The van der Waals surface area contributed by atoms with Crippen LogP contribution < -0.4 is 4.90 Å². The topological polar surface area (TPSA) is 108 Å². The van der Waals surface area contributed by atoms with Gasteiger partial charge < -0.3 is 14.4 Å². The largest absolute Gasteiger partial charge is 0.481 e. The van der Waals surface area contributed by atoms with Crippen LogP contribution in [-0.4, -0.2) is 39.9 Å². The zero-order valence-corrected chi connectivity index (χ0v) is 21.3. The molecular formula is C29H32N4O4. The van der Waals surface area contributed by atoms with E-state index in [0.29, 0.717) is 0 Å². The molecule has 0 saturated heterocycles. The van der Waals surface area contributed by atoms with E-state index in [9.17, 15) is 20.0 Å². The number of ether oxygens (including phenoxy) is 1. The fourth-order valence-corrected chi connectivity index (χ4v) is 6.05. The first kappa shape index (κ1) is 24.8. The smallest absolute Gasteiger partial charge is 0.414 e. The third kappa shape index (κ3) is 4.55. The average Bonchev–Trinajstić information content (AvgIpc) is 3.30. The summed E-state index contributed by atoms with van der Waals surface area (Å²) < 4.78 is 7.30. The number of carbonyl (C=O) groups is 2. The van der Waals surface area contributed by atoms with E-state index < -0.39 is 18.0 Å². The minimum Gasteiger partial charge on any atom is -0.481 e. The first-order valence-electron chi connectivity index (χ1n) is 13.0. The van der Waals surface area contributed by atoms with Gasteiger partial charge in [-0.2, -0.15) is 5.26 Å². The van der Waals surface area contributed by atoms with Gasteiger partial charge in [0.1, 0.15) is 5.82 Å². The lowest BCUT2D eigenvalue weighted by Gasteiger charge is -2.34.